The zero-order valence-corrected chi connectivity index (χ0v) is 12.3. The van der Waals surface area contributed by atoms with Gasteiger partial charge < -0.3 is 0 Å². The highest BCUT2D eigenvalue weighted by molar-refractivity contribution is 9.10. The maximum Gasteiger partial charge on any atom is 0.0752 e. The van der Waals surface area contributed by atoms with Crippen LogP contribution in [0.15, 0.2) is 40.2 Å². The molecule has 1 aromatic heterocycles. The third-order valence-corrected chi connectivity index (χ3v) is 5.08. The van der Waals surface area contributed by atoms with Gasteiger partial charge in [-0.05, 0) is 29.1 Å². The van der Waals surface area contributed by atoms with E-state index in [1.54, 1.807) is 11.3 Å². The lowest BCUT2D eigenvalue weighted by atomic mass is 10.1. The number of benzene rings is 1. The molecule has 0 nitrogen and oxygen atoms in total. The molecule has 0 saturated carbocycles. The van der Waals surface area contributed by atoms with Crippen molar-refractivity contribution in [2.24, 2.45) is 0 Å². The van der Waals surface area contributed by atoms with Gasteiger partial charge in [0.1, 0.15) is 0 Å². The minimum atomic E-state index is 0.179. The molecule has 0 aliphatic rings. The van der Waals surface area contributed by atoms with Crippen LogP contribution in [0, 0.1) is 0 Å². The molecule has 1 atom stereocenters. The van der Waals surface area contributed by atoms with Crippen LogP contribution in [0.5, 0.6) is 0 Å². The van der Waals surface area contributed by atoms with Gasteiger partial charge in [-0.25, -0.2) is 0 Å². The Kier molecular flexibility index (Phi) is 3.88. The van der Waals surface area contributed by atoms with Gasteiger partial charge in [0.25, 0.3) is 0 Å². The third kappa shape index (κ3) is 2.64. The average Bonchev–Trinajstić information content (AvgIpc) is 2.69. The highest BCUT2D eigenvalue weighted by atomic mass is 79.9. The lowest BCUT2D eigenvalue weighted by Gasteiger charge is -2.10. The molecule has 1 heterocycles. The van der Waals surface area contributed by atoms with Gasteiger partial charge in [0, 0.05) is 14.4 Å². The molecule has 1 unspecified atom stereocenters. The van der Waals surface area contributed by atoms with Crippen molar-refractivity contribution in [3.63, 3.8) is 0 Å². The highest BCUT2D eigenvalue weighted by Crippen LogP contribution is 2.38. The molecule has 0 aliphatic carbocycles. The van der Waals surface area contributed by atoms with Crippen LogP contribution in [0.1, 0.15) is 15.3 Å². The number of rotatable bonds is 2. The van der Waals surface area contributed by atoms with Gasteiger partial charge in [0.05, 0.1) is 4.83 Å². The summed E-state index contributed by atoms with van der Waals surface area (Å²) in [6.07, 6.45) is 0. The quantitative estimate of drug-likeness (QED) is 0.603. The maximum absolute atomic E-state index is 6.19. The van der Waals surface area contributed by atoms with Crippen LogP contribution < -0.4 is 0 Å². The molecule has 0 fully saturated rings. The Hall–Kier alpha value is 0.170. The fraction of sp³-hybridized carbons (Fsp3) is 0.0909. The van der Waals surface area contributed by atoms with E-state index >= 15 is 0 Å². The molecule has 2 rings (SSSR count). The summed E-state index contributed by atoms with van der Waals surface area (Å²) >= 11 is 15.0. The molecule has 0 N–H and O–H groups in total. The normalized spacial score (nSPS) is 12.7. The van der Waals surface area contributed by atoms with Crippen LogP contribution in [-0.4, -0.2) is 0 Å². The zero-order valence-electron chi connectivity index (χ0n) is 7.58. The summed E-state index contributed by atoms with van der Waals surface area (Å²) < 4.78 is 1.00. The molecule has 0 saturated heterocycles. The molecule has 15 heavy (non-hydrogen) atoms. The molecule has 78 valence electrons. The Bertz CT molecular complexity index is 454. The Morgan fingerprint density at radius 1 is 1.27 bits per heavy atom. The van der Waals surface area contributed by atoms with Crippen LogP contribution in [0.2, 0.25) is 5.02 Å². The molecule has 4 heteroatoms. The summed E-state index contributed by atoms with van der Waals surface area (Å²) in [7, 11) is 0. The largest absolute Gasteiger partial charge is 0.147 e. The van der Waals surface area contributed by atoms with Crippen LogP contribution in [0.4, 0.5) is 0 Å². The number of hydrogen-bond acceptors (Lipinski definition) is 1. The number of hydrogen-bond donors (Lipinski definition) is 0. The van der Waals surface area contributed by atoms with Gasteiger partial charge in [-0.3, -0.25) is 0 Å². The van der Waals surface area contributed by atoms with E-state index in [1.165, 1.54) is 4.88 Å². The first-order valence-electron chi connectivity index (χ1n) is 4.31. The summed E-state index contributed by atoms with van der Waals surface area (Å²) in [5, 5.41) is 2.84. The Morgan fingerprint density at radius 2 is 2.07 bits per heavy atom. The van der Waals surface area contributed by atoms with Crippen molar-refractivity contribution in [3.05, 3.63) is 55.6 Å². The molecule has 0 bridgehead atoms. The first-order chi connectivity index (χ1) is 7.18. The van der Waals surface area contributed by atoms with Crippen LogP contribution >= 0.6 is 54.8 Å². The van der Waals surface area contributed by atoms with Crippen molar-refractivity contribution in [2.45, 2.75) is 4.83 Å². The van der Waals surface area contributed by atoms with E-state index in [9.17, 15) is 0 Å². The summed E-state index contributed by atoms with van der Waals surface area (Å²) in [5.41, 5.74) is 1.10. The van der Waals surface area contributed by atoms with Gasteiger partial charge in [0.15, 0.2) is 0 Å². The monoisotopic (exact) mass is 364 g/mol. The predicted octanol–water partition coefficient (Wildman–Crippen LogP) is 5.65. The minimum Gasteiger partial charge on any atom is -0.147 e. The van der Waals surface area contributed by atoms with E-state index in [1.807, 2.05) is 24.3 Å². The molecule has 0 amide bonds. The van der Waals surface area contributed by atoms with Gasteiger partial charge in [0.2, 0.25) is 0 Å². The SMILES string of the molecule is Clc1cc(Br)ccc1C(Br)c1cccs1. The number of alkyl halides is 1. The second kappa shape index (κ2) is 5.00. The van der Waals surface area contributed by atoms with Crippen LogP contribution in [0.25, 0.3) is 0 Å². The van der Waals surface area contributed by atoms with E-state index in [0.29, 0.717) is 0 Å². The second-order valence-corrected chi connectivity index (χ2v) is 6.26. The Balaban J connectivity index is 2.38. The van der Waals surface area contributed by atoms with Crippen molar-refractivity contribution < 1.29 is 0 Å². The van der Waals surface area contributed by atoms with E-state index in [-0.39, 0.29) is 4.83 Å². The van der Waals surface area contributed by atoms with Gasteiger partial charge in [-0.15, -0.1) is 11.3 Å². The zero-order chi connectivity index (χ0) is 10.8. The molecule has 1 aromatic carbocycles. The van der Waals surface area contributed by atoms with Gasteiger partial charge >= 0.3 is 0 Å². The minimum absolute atomic E-state index is 0.179. The van der Waals surface area contributed by atoms with E-state index in [0.717, 1.165) is 15.1 Å². The van der Waals surface area contributed by atoms with Crippen molar-refractivity contribution >= 4 is 54.8 Å². The summed E-state index contributed by atoms with van der Waals surface area (Å²) in [4.78, 5) is 1.44. The Morgan fingerprint density at radius 3 is 2.67 bits per heavy atom. The van der Waals surface area contributed by atoms with Crippen LogP contribution in [-0.2, 0) is 0 Å². The van der Waals surface area contributed by atoms with Crippen LogP contribution in [0.3, 0.4) is 0 Å². The number of halogens is 3. The molecule has 0 radical (unpaired) electrons. The lowest BCUT2D eigenvalue weighted by Crippen LogP contribution is -1.90. The molecule has 0 spiro atoms. The van der Waals surface area contributed by atoms with Gasteiger partial charge in [-0.2, -0.15) is 0 Å². The fourth-order valence-electron chi connectivity index (χ4n) is 1.30. The fourth-order valence-corrected chi connectivity index (χ4v) is 3.80. The standard InChI is InChI=1S/C11H7Br2ClS/c12-7-3-4-8(9(14)6-7)11(13)10-2-1-5-15-10/h1-6,11H. The lowest BCUT2D eigenvalue weighted by molar-refractivity contribution is 1.22. The molecule has 2 aromatic rings. The van der Waals surface area contributed by atoms with Gasteiger partial charge in [-0.1, -0.05) is 55.6 Å². The Labute approximate surface area is 115 Å². The molecular formula is C11H7Br2ClS. The molecular weight excluding hydrogens is 359 g/mol. The van der Waals surface area contributed by atoms with Crippen molar-refractivity contribution in [1.82, 2.24) is 0 Å². The predicted molar refractivity (Wildman–Crippen MR) is 74.2 cm³/mol. The van der Waals surface area contributed by atoms with E-state index < -0.39 is 0 Å². The first-order valence-corrected chi connectivity index (χ1v) is 7.27. The smallest absolute Gasteiger partial charge is 0.0752 e. The van der Waals surface area contributed by atoms with Crippen molar-refractivity contribution in [1.29, 1.82) is 0 Å². The first kappa shape index (κ1) is 11.6. The number of thiophene rings is 1. The summed E-state index contributed by atoms with van der Waals surface area (Å²) in [6.45, 7) is 0. The second-order valence-electron chi connectivity index (χ2n) is 3.04. The summed E-state index contributed by atoms with van der Waals surface area (Å²) in [5.74, 6) is 0. The van der Waals surface area contributed by atoms with E-state index in [2.05, 4.69) is 43.3 Å². The average molecular weight is 367 g/mol. The topological polar surface area (TPSA) is 0 Å². The highest BCUT2D eigenvalue weighted by Gasteiger charge is 2.14. The van der Waals surface area contributed by atoms with Crippen molar-refractivity contribution in [3.8, 4) is 0 Å². The maximum atomic E-state index is 6.19. The molecule has 0 aliphatic heterocycles. The van der Waals surface area contributed by atoms with Crippen molar-refractivity contribution in [2.75, 3.05) is 0 Å². The third-order valence-electron chi connectivity index (χ3n) is 2.03. The van der Waals surface area contributed by atoms with E-state index in [4.69, 9.17) is 11.6 Å². The summed E-state index contributed by atoms with van der Waals surface area (Å²) in [6, 6.07) is 10.1.